The molecule has 0 atom stereocenters. The Kier molecular flexibility index (Phi) is 5.35. The maximum atomic E-state index is 13.3. The van der Waals surface area contributed by atoms with Crippen LogP contribution in [0, 0.1) is 6.92 Å². The van der Waals surface area contributed by atoms with Crippen LogP contribution in [0.2, 0.25) is 0 Å². The van der Waals surface area contributed by atoms with Gasteiger partial charge in [-0.15, -0.1) is 0 Å². The van der Waals surface area contributed by atoms with E-state index in [9.17, 15) is 4.79 Å². The molecule has 30 heavy (non-hydrogen) atoms. The Labute approximate surface area is 174 Å². The number of benzene rings is 3. The minimum Gasteiger partial charge on any atom is -0.497 e. The Morgan fingerprint density at radius 2 is 1.67 bits per heavy atom. The fraction of sp³-hybridized carbons (Fsp3) is 0.120. The van der Waals surface area contributed by atoms with Gasteiger partial charge in [-0.2, -0.15) is 0 Å². The highest BCUT2D eigenvalue weighted by Gasteiger charge is 2.11. The molecule has 0 aliphatic carbocycles. The number of aryl methyl sites for hydroxylation is 1. The van der Waals surface area contributed by atoms with E-state index < -0.39 is 0 Å². The van der Waals surface area contributed by atoms with Gasteiger partial charge in [0, 0.05) is 5.56 Å². The standard InChI is InChI=1S/C25H22N2O3/c1-17-8-11-19(12-9-17)27-24(26-22-7-5-4-6-21(22)25(27)28)15-10-18-16-20(29-2)13-14-23(18)30-3/h4-16H,1-3H3/b15-10+. The largest absolute Gasteiger partial charge is 0.497 e. The van der Waals surface area contributed by atoms with Crippen LogP contribution in [0.1, 0.15) is 17.0 Å². The molecule has 0 fully saturated rings. The Hall–Kier alpha value is -3.86. The second-order valence-electron chi connectivity index (χ2n) is 6.90. The fourth-order valence-corrected chi connectivity index (χ4v) is 3.34. The van der Waals surface area contributed by atoms with E-state index in [4.69, 9.17) is 14.5 Å². The molecule has 5 heteroatoms. The van der Waals surface area contributed by atoms with Crippen LogP contribution in [0.3, 0.4) is 0 Å². The van der Waals surface area contributed by atoms with Crippen molar-refractivity contribution < 1.29 is 9.47 Å². The van der Waals surface area contributed by atoms with E-state index in [0.717, 1.165) is 22.6 Å². The molecule has 150 valence electrons. The summed E-state index contributed by atoms with van der Waals surface area (Å²) in [6.45, 7) is 2.01. The third kappa shape index (κ3) is 3.70. The van der Waals surface area contributed by atoms with Gasteiger partial charge in [-0.25, -0.2) is 4.98 Å². The molecule has 1 aromatic heterocycles. The van der Waals surface area contributed by atoms with Crippen molar-refractivity contribution in [3.05, 3.63) is 94.0 Å². The zero-order valence-electron chi connectivity index (χ0n) is 17.1. The second-order valence-corrected chi connectivity index (χ2v) is 6.90. The monoisotopic (exact) mass is 398 g/mol. The molecule has 0 unspecified atom stereocenters. The van der Waals surface area contributed by atoms with Crippen LogP contribution in [0.15, 0.2) is 71.5 Å². The molecule has 0 radical (unpaired) electrons. The summed E-state index contributed by atoms with van der Waals surface area (Å²) in [4.78, 5) is 18.1. The number of para-hydroxylation sites is 1. The summed E-state index contributed by atoms with van der Waals surface area (Å²) in [5.74, 6) is 1.96. The Bertz CT molecular complexity index is 1290. The maximum absolute atomic E-state index is 13.3. The lowest BCUT2D eigenvalue weighted by atomic mass is 10.1. The van der Waals surface area contributed by atoms with Gasteiger partial charge in [0.15, 0.2) is 0 Å². The average Bonchev–Trinajstić information content (AvgIpc) is 2.78. The lowest BCUT2D eigenvalue weighted by Gasteiger charge is -2.12. The molecule has 5 nitrogen and oxygen atoms in total. The number of hydrogen-bond donors (Lipinski definition) is 0. The average molecular weight is 398 g/mol. The van der Waals surface area contributed by atoms with Gasteiger partial charge in [0.25, 0.3) is 5.56 Å². The van der Waals surface area contributed by atoms with Gasteiger partial charge in [-0.1, -0.05) is 29.8 Å². The number of nitrogens with zero attached hydrogens (tertiary/aromatic N) is 2. The molecule has 0 aliphatic heterocycles. The number of fused-ring (bicyclic) bond motifs is 1. The first kappa shape index (κ1) is 19.5. The fourth-order valence-electron chi connectivity index (χ4n) is 3.34. The molecule has 0 N–H and O–H groups in total. The Morgan fingerprint density at radius 1 is 0.900 bits per heavy atom. The summed E-state index contributed by atoms with van der Waals surface area (Å²) in [6.07, 6.45) is 3.70. The number of ether oxygens (including phenoxy) is 2. The van der Waals surface area contributed by atoms with E-state index in [-0.39, 0.29) is 5.56 Å². The summed E-state index contributed by atoms with van der Waals surface area (Å²) in [6, 6.07) is 20.8. The zero-order valence-corrected chi connectivity index (χ0v) is 17.1. The highest BCUT2D eigenvalue weighted by Crippen LogP contribution is 2.26. The van der Waals surface area contributed by atoms with Crippen LogP contribution in [-0.2, 0) is 0 Å². The third-order valence-corrected chi connectivity index (χ3v) is 4.94. The van der Waals surface area contributed by atoms with Gasteiger partial charge in [-0.3, -0.25) is 9.36 Å². The number of hydrogen-bond acceptors (Lipinski definition) is 4. The van der Waals surface area contributed by atoms with Crippen LogP contribution >= 0.6 is 0 Å². The van der Waals surface area contributed by atoms with Crippen LogP contribution in [0.25, 0.3) is 28.7 Å². The number of rotatable bonds is 5. The molecule has 0 spiro atoms. The molecule has 4 rings (SSSR count). The van der Waals surface area contributed by atoms with Crippen LogP contribution in [-0.4, -0.2) is 23.8 Å². The van der Waals surface area contributed by atoms with Crippen molar-refractivity contribution in [3.8, 4) is 17.2 Å². The summed E-state index contributed by atoms with van der Waals surface area (Å²) < 4.78 is 12.4. The first-order valence-corrected chi connectivity index (χ1v) is 9.59. The lowest BCUT2D eigenvalue weighted by Crippen LogP contribution is -2.22. The highest BCUT2D eigenvalue weighted by molar-refractivity contribution is 5.80. The second kappa shape index (κ2) is 8.25. The molecule has 0 amide bonds. The van der Waals surface area contributed by atoms with Gasteiger partial charge >= 0.3 is 0 Å². The van der Waals surface area contributed by atoms with Crippen molar-refractivity contribution in [3.63, 3.8) is 0 Å². The molecular weight excluding hydrogens is 376 g/mol. The molecule has 0 saturated carbocycles. The molecule has 1 heterocycles. The molecular formula is C25H22N2O3. The van der Waals surface area contributed by atoms with Crippen molar-refractivity contribution >= 4 is 23.1 Å². The minimum absolute atomic E-state index is 0.110. The lowest BCUT2D eigenvalue weighted by molar-refractivity contribution is 0.402. The van der Waals surface area contributed by atoms with Crippen LogP contribution < -0.4 is 15.0 Å². The molecule has 4 aromatic rings. The number of aromatic nitrogens is 2. The Morgan fingerprint density at radius 3 is 2.40 bits per heavy atom. The van der Waals surface area contributed by atoms with Crippen molar-refractivity contribution in [2.75, 3.05) is 14.2 Å². The SMILES string of the molecule is COc1ccc(OC)c(/C=C/c2nc3ccccc3c(=O)n2-c2ccc(C)cc2)c1. The summed E-state index contributed by atoms with van der Waals surface area (Å²) >= 11 is 0. The van der Waals surface area contributed by atoms with Crippen molar-refractivity contribution in [1.82, 2.24) is 9.55 Å². The summed E-state index contributed by atoms with van der Waals surface area (Å²) in [5, 5.41) is 0.578. The quantitative estimate of drug-likeness (QED) is 0.481. The van der Waals surface area contributed by atoms with Gasteiger partial charge in [0.05, 0.1) is 30.8 Å². The van der Waals surface area contributed by atoms with Gasteiger partial charge in [0.2, 0.25) is 0 Å². The predicted octanol–water partition coefficient (Wildman–Crippen LogP) is 4.88. The van der Waals surface area contributed by atoms with Gasteiger partial charge in [0.1, 0.15) is 17.3 Å². The van der Waals surface area contributed by atoms with E-state index in [2.05, 4.69) is 0 Å². The molecule has 0 saturated heterocycles. The van der Waals surface area contributed by atoms with E-state index >= 15 is 0 Å². The summed E-state index contributed by atoms with van der Waals surface area (Å²) in [5.41, 5.74) is 3.26. The molecule has 0 bridgehead atoms. The van der Waals surface area contributed by atoms with E-state index in [1.165, 1.54) is 0 Å². The van der Waals surface area contributed by atoms with Crippen LogP contribution in [0.5, 0.6) is 11.5 Å². The molecule has 0 aliphatic rings. The van der Waals surface area contributed by atoms with Crippen molar-refractivity contribution in [2.24, 2.45) is 0 Å². The van der Waals surface area contributed by atoms with E-state index in [1.807, 2.05) is 79.7 Å². The smallest absolute Gasteiger partial charge is 0.266 e. The zero-order chi connectivity index (χ0) is 21.1. The van der Waals surface area contributed by atoms with Crippen molar-refractivity contribution in [2.45, 2.75) is 6.92 Å². The summed E-state index contributed by atoms with van der Waals surface area (Å²) in [7, 11) is 3.24. The van der Waals surface area contributed by atoms with Crippen molar-refractivity contribution in [1.29, 1.82) is 0 Å². The van der Waals surface area contributed by atoms with Gasteiger partial charge < -0.3 is 9.47 Å². The van der Waals surface area contributed by atoms with Gasteiger partial charge in [-0.05, 0) is 61.5 Å². The normalized spacial score (nSPS) is 11.2. The first-order valence-electron chi connectivity index (χ1n) is 9.59. The number of methoxy groups -OCH3 is 2. The predicted molar refractivity (Wildman–Crippen MR) is 121 cm³/mol. The highest BCUT2D eigenvalue weighted by atomic mass is 16.5. The third-order valence-electron chi connectivity index (χ3n) is 4.94. The van der Waals surface area contributed by atoms with E-state index in [0.29, 0.717) is 22.5 Å². The first-order chi connectivity index (χ1) is 14.6. The van der Waals surface area contributed by atoms with Crippen LogP contribution in [0.4, 0.5) is 0 Å². The minimum atomic E-state index is -0.110. The Balaban J connectivity index is 1.92. The topological polar surface area (TPSA) is 53.4 Å². The maximum Gasteiger partial charge on any atom is 0.266 e. The van der Waals surface area contributed by atoms with E-state index in [1.54, 1.807) is 24.9 Å². The molecule has 3 aromatic carbocycles.